The van der Waals surface area contributed by atoms with E-state index in [1.54, 1.807) is 24.5 Å². The van der Waals surface area contributed by atoms with Crippen LogP contribution in [0.1, 0.15) is 22.4 Å². The van der Waals surface area contributed by atoms with Crippen LogP contribution < -0.4 is 10.5 Å². The lowest BCUT2D eigenvalue weighted by Crippen LogP contribution is -2.08. The number of ether oxygens (including phenoxy) is 1. The first-order chi connectivity index (χ1) is 12.1. The number of aromatic nitrogens is 4. The van der Waals surface area contributed by atoms with Crippen molar-refractivity contribution in [3.63, 3.8) is 0 Å². The van der Waals surface area contributed by atoms with E-state index in [0.29, 0.717) is 11.4 Å². The van der Waals surface area contributed by atoms with E-state index in [9.17, 15) is 5.26 Å². The molecule has 0 saturated carbocycles. The van der Waals surface area contributed by atoms with Gasteiger partial charge in [-0.3, -0.25) is 9.97 Å². The van der Waals surface area contributed by atoms with Crippen molar-refractivity contribution in [2.75, 3.05) is 5.73 Å². The van der Waals surface area contributed by atoms with Crippen molar-refractivity contribution in [1.29, 1.82) is 5.26 Å². The van der Waals surface area contributed by atoms with Crippen LogP contribution in [-0.2, 0) is 6.61 Å². The predicted octanol–water partition coefficient (Wildman–Crippen LogP) is 2.58. The van der Waals surface area contributed by atoms with Crippen LogP contribution in [0, 0.1) is 25.2 Å². The van der Waals surface area contributed by atoms with Crippen LogP contribution in [0.4, 0.5) is 5.95 Å². The molecule has 25 heavy (non-hydrogen) atoms. The number of nitrogens with two attached hydrogens (primary N) is 1. The minimum atomic E-state index is 0.0169. The van der Waals surface area contributed by atoms with Gasteiger partial charge in [0.25, 0.3) is 0 Å². The van der Waals surface area contributed by atoms with Gasteiger partial charge in [-0.1, -0.05) is 12.1 Å². The Morgan fingerprint density at radius 3 is 2.72 bits per heavy atom. The zero-order valence-electron chi connectivity index (χ0n) is 13.9. The van der Waals surface area contributed by atoms with E-state index >= 15 is 0 Å². The van der Waals surface area contributed by atoms with Gasteiger partial charge in [-0.25, -0.2) is 4.98 Å². The summed E-state index contributed by atoms with van der Waals surface area (Å²) in [6, 6.07) is 9.44. The highest BCUT2D eigenvalue weighted by Crippen LogP contribution is 2.27. The fourth-order valence-corrected chi connectivity index (χ4v) is 2.38. The summed E-state index contributed by atoms with van der Waals surface area (Å²) < 4.78 is 5.73. The summed E-state index contributed by atoms with van der Waals surface area (Å²) in [6.45, 7) is 4.11. The van der Waals surface area contributed by atoms with Crippen molar-refractivity contribution in [3.8, 4) is 23.3 Å². The monoisotopic (exact) mass is 332 g/mol. The lowest BCUT2D eigenvalue weighted by molar-refractivity contribution is 0.287. The Morgan fingerprint density at radius 2 is 2.04 bits per heavy atom. The topological polar surface area (TPSA) is 111 Å². The molecule has 0 amide bonds. The maximum Gasteiger partial charge on any atom is 0.237 e. The number of nitrogen functional groups attached to an aromatic ring is 1. The standard InChI is InChI=1S/C18H16N6O/c1-11-7-12(2)15(22-9-11)10-25-17-13(8-19)16(23-18(20)24-17)14-5-3-4-6-21-14/h3-7,9H,10H2,1-2H3,(H2,20,23,24). The number of rotatable bonds is 4. The molecular formula is C18H16N6O. The fourth-order valence-electron chi connectivity index (χ4n) is 2.38. The summed E-state index contributed by atoms with van der Waals surface area (Å²) >= 11 is 0. The van der Waals surface area contributed by atoms with Crippen LogP contribution in [-0.4, -0.2) is 19.9 Å². The van der Waals surface area contributed by atoms with Gasteiger partial charge in [0.15, 0.2) is 0 Å². The van der Waals surface area contributed by atoms with Gasteiger partial charge in [0.2, 0.25) is 11.8 Å². The van der Waals surface area contributed by atoms with Crippen LogP contribution >= 0.6 is 0 Å². The molecule has 7 heteroatoms. The van der Waals surface area contributed by atoms with E-state index in [-0.39, 0.29) is 24.0 Å². The van der Waals surface area contributed by atoms with Crippen LogP contribution in [0.5, 0.6) is 5.88 Å². The SMILES string of the molecule is Cc1cnc(COc2nc(N)nc(-c3ccccn3)c2C#N)c(C)c1. The smallest absolute Gasteiger partial charge is 0.237 e. The molecule has 0 aliphatic carbocycles. The zero-order chi connectivity index (χ0) is 17.8. The first-order valence-electron chi connectivity index (χ1n) is 7.62. The first-order valence-corrected chi connectivity index (χ1v) is 7.62. The molecular weight excluding hydrogens is 316 g/mol. The van der Waals surface area contributed by atoms with Gasteiger partial charge in [0, 0.05) is 12.4 Å². The van der Waals surface area contributed by atoms with Gasteiger partial charge < -0.3 is 10.5 Å². The van der Waals surface area contributed by atoms with Gasteiger partial charge in [-0.15, -0.1) is 0 Å². The molecule has 3 aromatic heterocycles. The summed E-state index contributed by atoms with van der Waals surface area (Å²) in [7, 11) is 0. The Bertz CT molecular complexity index is 950. The Kier molecular flexibility index (Phi) is 4.53. The van der Waals surface area contributed by atoms with E-state index in [0.717, 1.165) is 16.8 Å². The average Bonchev–Trinajstić information content (AvgIpc) is 2.61. The van der Waals surface area contributed by atoms with Crippen molar-refractivity contribution >= 4 is 5.95 Å². The molecule has 0 radical (unpaired) electrons. The van der Waals surface area contributed by atoms with Gasteiger partial charge in [0.1, 0.15) is 23.9 Å². The number of nitriles is 1. The van der Waals surface area contributed by atoms with Crippen LogP contribution in [0.25, 0.3) is 11.4 Å². The fraction of sp³-hybridized carbons (Fsp3) is 0.167. The maximum absolute atomic E-state index is 9.55. The number of aryl methyl sites for hydroxylation is 2. The first kappa shape index (κ1) is 16.3. The Labute approximate surface area is 145 Å². The number of anilines is 1. The second-order valence-corrected chi connectivity index (χ2v) is 5.50. The van der Waals surface area contributed by atoms with Crippen LogP contribution in [0.3, 0.4) is 0 Å². The highest BCUT2D eigenvalue weighted by Gasteiger charge is 2.17. The third-order valence-electron chi connectivity index (χ3n) is 3.58. The lowest BCUT2D eigenvalue weighted by Gasteiger charge is -2.11. The number of pyridine rings is 2. The largest absolute Gasteiger partial charge is 0.470 e. The van der Waals surface area contributed by atoms with Gasteiger partial charge >= 0.3 is 0 Å². The minimum Gasteiger partial charge on any atom is -0.470 e. The van der Waals surface area contributed by atoms with Crippen molar-refractivity contribution in [1.82, 2.24) is 19.9 Å². The molecule has 3 heterocycles. The molecule has 124 valence electrons. The molecule has 0 unspecified atom stereocenters. The third kappa shape index (κ3) is 3.53. The molecule has 0 saturated heterocycles. The summed E-state index contributed by atoms with van der Waals surface area (Å²) in [5.74, 6) is 0.140. The minimum absolute atomic E-state index is 0.0169. The summed E-state index contributed by atoms with van der Waals surface area (Å²) in [4.78, 5) is 16.8. The average molecular weight is 332 g/mol. The van der Waals surface area contributed by atoms with Gasteiger partial charge in [0.05, 0.1) is 11.4 Å². The third-order valence-corrected chi connectivity index (χ3v) is 3.58. The molecule has 0 spiro atoms. The summed E-state index contributed by atoms with van der Waals surface area (Å²) in [6.07, 6.45) is 3.39. The molecule has 0 aliphatic rings. The normalized spacial score (nSPS) is 10.3. The Balaban J connectivity index is 1.96. The second kappa shape index (κ2) is 6.93. The van der Waals surface area contributed by atoms with Crippen molar-refractivity contribution in [2.45, 2.75) is 20.5 Å². The highest BCUT2D eigenvalue weighted by molar-refractivity contribution is 5.67. The number of hydrogen-bond acceptors (Lipinski definition) is 7. The van der Waals surface area contributed by atoms with Gasteiger partial charge in [-0.05, 0) is 37.1 Å². The quantitative estimate of drug-likeness (QED) is 0.781. The second-order valence-electron chi connectivity index (χ2n) is 5.50. The molecule has 3 aromatic rings. The van der Waals surface area contributed by atoms with Crippen LogP contribution in [0.2, 0.25) is 0 Å². The number of nitrogens with zero attached hydrogens (tertiary/aromatic N) is 5. The predicted molar refractivity (Wildman–Crippen MR) is 92.4 cm³/mol. The summed E-state index contributed by atoms with van der Waals surface area (Å²) in [5, 5.41) is 9.55. The maximum atomic E-state index is 9.55. The van der Waals surface area contributed by atoms with E-state index in [4.69, 9.17) is 10.5 Å². The number of hydrogen-bond donors (Lipinski definition) is 1. The van der Waals surface area contributed by atoms with Crippen molar-refractivity contribution < 1.29 is 4.74 Å². The molecule has 2 N–H and O–H groups in total. The Hall–Kier alpha value is -3.53. The molecule has 0 aromatic carbocycles. The van der Waals surface area contributed by atoms with E-state index in [1.165, 1.54) is 0 Å². The molecule has 0 bridgehead atoms. The Morgan fingerprint density at radius 1 is 1.20 bits per heavy atom. The van der Waals surface area contributed by atoms with Crippen molar-refractivity contribution in [3.05, 3.63) is 59.0 Å². The molecule has 7 nitrogen and oxygen atoms in total. The zero-order valence-corrected chi connectivity index (χ0v) is 13.9. The molecule has 0 aliphatic heterocycles. The highest BCUT2D eigenvalue weighted by atomic mass is 16.5. The van der Waals surface area contributed by atoms with Crippen LogP contribution in [0.15, 0.2) is 36.7 Å². The van der Waals surface area contributed by atoms with E-state index in [1.807, 2.05) is 26.0 Å². The summed E-state index contributed by atoms with van der Waals surface area (Å²) in [5.41, 5.74) is 9.70. The van der Waals surface area contributed by atoms with Crippen molar-refractivity contribution in [2.24, 2.45) is 0 Å². The molecule has 0 fully saturated rings. The van der Waals surface area contributed by atoms with E-state index in [2.05, 4.69) is 26.0 Å². The molecule has 3 rings (SSSR count). The molecule has 0 atom stereocenters. The lowest BCUT2D eigenvalue weighted by atomic mass is 10.1. The van der Waals surface area contributed by atoms with Gasteiger partial charge in [-0.2, -0.15) is 10.2 Å². The van der Waals surface area contributed by atoms with E-state index < -0.39 is 0 Å².